The second-order valence-electron chi connectivity index (χ2n) is 3.16. The monoisotopic (exact) mass is 169 g/mol. The highest BCUT2D eigenvalue weighted by molar-refractivity contribution is 6.71. The quantitative estimate of drug-likeness (QED) is 0.537. The summed E-state index contributed by atoms with van der Waals surface area (Å²) in [6.07, 6.45) is 2.53. The van der Waals surface area contributed by atoms with Gasteiger partial charge >= 0.3 is 0 Å². The largest absolute Gasteiger partial charge is 0.352 e. The van der Waals surface area contributed by atoms with Crippen LogP contribution < -0.4 is 0 Å². The molecule has 1 amide bonds. The lowest BCUT2D eigenvalue weighted by Gasteiger charge is -2.16. The molecule has 0 saturated heterocycles. The molecule has 1 aliphatic heterocycles. The van der Waals surface area contributed by atoms with Crippen molar-refractivity contribution in [1.82, 2.24) is 4.57 Å². The van der Waals surface area contributed by atoms with Crippen molar-refractivity contribution in [3.63, 3.8) is 0 Å². The third kappa shape index (κ3) is 1.77. The van der Waals surface area contributed by atoms with E-state index in [9.17, 15) is 4.79 Å². The number of rotatable bonds is 1. The van der Waals surface area contributed by atoms with E-state index in [1.54, 1.807) is 12.1 Å². The summed E-state index contributed by atoms with van der Waals surface area (Å²) in [6.45, 7) is 3.85. The first-order valence-corrected chi connectivity index (χ1v) is 5.71. The average Bonchev–Trinajstić information content (AvgIpc) is 2.33. The summed E-state index contributed by atoms with van der Waals surface area (Å²) in [5.41, 5.74) is 0. The summed E-state index contributed by atoms with van der Waals surface area (Å²) in [5, 5.41) is 1.56. The summed E-state index contributed by atoms with van der Waals surface area (Å²) < 4.78 is 1.95. The van der Waals surface area contributed by atoms with Crippen LogP contribution in [0.5, 0.6) is 0 Å². The van der Waals surface area contributed by atoms with E-state index in [1.165, 1.54) is 18.9 Å². The van der Waals surface area contributed by atoms with Crippen LogP contribution >= 0.6 is 0 Å². The fourth-order valence-electron chi connectivity index (χ4n) is 1.52. The highest BCUT2D eigenvalue weighted by atomic mass is 28.2. The fourth-order valence-corrected chi connectivity index (χ4v) is 4.21. The predicted octanol–water partition coefficient (Wildman–Crippen LogP) is 1.02. The Morgan fingerprint density at radius 1 is 1.64 bits per heavy atom. The van der Waals surface area contributed by atoms with E-state index in [-0.39, 0.29) is 5.91 Å². The van der Waals surface area contributed by atoms with E-state index in [1.807, 2.05) is 11.6 Å². The Morgan fingerprint density at radius 2 is 2.27 bits per heavy atom. The van der Waals surface area contributed by atoms with E-state index < -0.39 is 8.57 Å². The molecule has 0 saturated carbocycles. The van der Waals surface area contributed by atoms with Crippen molar-refractivity contribution in [1.29, 1.82) is 0 Å². The third-order valence-electron chi connectivity index (χ3n) is 2.34. The molecule has 0 aromatic carbocycles. The van der Waals surface area contributed by atoms with Gasteiger partial charge in [-0.15, -0.1) is 0 Å². The second-order valence-corrected chi connectivity index (χ2v) is 6.08. The van der Waals surface area contributed by atoms with Crippen LogP contribution in [-0.4, -0.2) is 31.3 Å². The molecular formula is C8H15NOSi. The lowest BCUT2D eigenvalue weighted by atomic mass is 10.3. The second kappa shape index (κ2) is 3.30. The van der Waals surface area contributed by atoms with E-state index in [4.69, 9.17) is 0 Å². The van der Waals surface area contributed by atoms with E-state index in [0.717, 1.165) is 0 Å². The Hall–Kier alpha value is -0.443. The maximum atomic E-state index is 11.0. The summed E-state index contributed by atoms with van der Waals surface area (Å²) in [4.78, 5) is 11.0. The van der Waals surface area contributed by atoms with E-state index >= 15 is 0 Å². The maximum Gasteiger partial charge on any atom is 0.215 e. The van der Waals surface area contributed by atoms with Crippen LogP contribution in [0.4, 0.5) is 0 Å². The smallest absolute Gasteiger partial charge is 0.215 e. The van der Waals surface area contributed by atoms with Gasteiger partial charge in [0.2, 0.25) is 5.91 Å². The summed E-state index contributed by atoms with van der Waals surface area (Å²) in [5.74, 6) is 0.222. The van der Waals surface area contributed by atoms with Crippen molar-refractivity contribution in [2.24, 2.45) is 0 Å². The van der Waals surface area contributed by atoms with Gasteiger partial charge in [-0.2, -0.15) is 0 Å². The molecular weight excluding hydrogens is 154 g/mol. The normalized spacial score (nSPS) is 17.4. The first-order chi connectivity index (χ1) is 5.13. The molecule has 11 heavy (non-hydrogen) atoms. The van der Waals surface area contributed by atoms with Gasteiger partial charge in [-0.25, -0.2) is 0 Å². The minimum absolute atomic E-state index is 0.222. The third-order valence-corrected chi connectivity index (χ3v) is 5.52. The van der Waals surface area contributed by atoms with Gasteiger partial charge in [-0.05, 0) is 25.8 Å². The van der Waals surface area contributed by atoms with Crippen molar-refractivity contribution >= 4 is 19.6 Å². The standard InChI is InChI=1S/C8H15NOSi/c1-7-5-4-6-11(7)9(3)8(2)10/h4-6H2,1-3H3. The van der Waals surface area contributed by atoms with Crippen molar-refractivity contribution in [3.8, 4) is 0 Å². The molecule has 3 heteroatoms. The maximum absolute atomic E-state index is 11.0. The van der Waals surface area contributed by atoms with Crippen LogP contribution in [0.1, 0.15) is 26.7 Å². The average molecular weight is 169 g/mol. The highest BCUT2D eigenvalue weighted by Gasteiger charge is 2.17. The molecule has 0 bridgehead atoms. The number of carbonyl (C=O) groups is 1. The molecule has 0 radical (unpaired) electrons. The number of hydrogen-bond acceptors (Lipinski definition) is 1. The molecule has 1 rings (SSSR count). The Morgan fingerprint density at radius 3 is 2.64 bits per heavy atom. The van der Waals surface area contributed by atoms with Crippen LogP contribution in [0, 0.1) is 0 Å². The lowest BCUT2D eigenvalue weighted by molar-refractivity contribution is -0.123. The van der Waals surface area contributed by atoms with Gasteiger partial charge < -0.3 is 4.57 Å². The van der Waals surface area contributed by atoms with Crippen molar-refractivity contribution in [3.05, 3.63) is 0 Å². The summed E-state index contributed by atoms with van der Waals surface area (Å²) >= 11 is 0. The predicted molar refractivity (Wildman–Crippen MR) is 48.9 cm³/mol. The summed E-state index contributed by atoms with van der Waals surface area (Å²) in [7, 11) is 1.37. The molecule has 0 fully saturated rings. The van der Waals surface area contributed by atoms with Crippen LogP contribution in [0.25, 0.3) is 0 Å². The Balaban J connectivity index is 2.73. The van der Waals surface area contributed by atoms with Crippen LogP contribution in [0.3, 0.4) is 0 Å². The number of amides is 1. The molecule has 0 aromatic heterocycles. The molecule has 1 aliphatic rings. The van der Waals surface area contributed by atoms with Gasteiger partial charge in [0.05, 0.1) is 0 Å². The topological polar surface area (TPSA) is 20.3 Å². The van der Waals surface area contributed by atoms with Gasteiger partial charge in [0.1, 0.15) is 8.57 Å². The summed E-state index contributed by atoms with van der Waals surface area (Å²) in [6, 6.07) is 1.26. The molecule has 0 aromatic rings. The van der Waals surface area contributed by atoms with Gasteiger partial charge in [0, 0.05) is 14.0 Å². The molecule has 0 N–H and O–H groups in total. The molecule has 0 aliphatic carbocycles. The molecule has 62 valence electrons. The van der Waals surface area contributed by atoms with Gasteiger partial charge in [0.15, 0.2) is 0 Å². The van der Waals surface area contributed by atoms with Crippen molar-refractivity contribution < 1.29 is 4.79 Å². The van der Waals surface area contributed by atoms with Crippen LogP contribution in [-0.2, 0) is 4.79 Å². The highest BCUT2D eigenvalue weighted by Crippen LogP contribution is 2.11. The van der Waals surface area contributed by atoms with Gasteiger partial charge in [-0.3, -0.25) is 4.79 Å². The minimum Gasteiger partial charge on any atom is -0.352 e. The number of nitrogens with zero attached hydrogens (tertiary/aromatic N) is 1. The van der Waals surface area contributed by atoms with Crippen molar-refractivity contribution in [2.45, 2.75) is 32.7 Å². The van der Waals surface area contributed by atoms with Gasteiger partial charge in [0.25, 0.3) is 0 Å². The fraction of sp³-hybridized carbons (Fsp3) is 0.750. The molecule has 2 nitrogen and oxygen atoms in total. The van der Waals surface area contributed by atoms with Crippen LogP contribution in [0.2, 0.25) is 6.04 Å². The lowest BCUT2D eigenvalue weighted by Crippen LogP contribution is -2.34. The zero-order valence-electron chi connectivity index (χ0n) is 7.48. The molecule has 1 heterocycles. The Kier molecular flexibility index (Phi) is 2.60. The first-order valence-electron chi connectivity index (χ1n) is 4.06. The molecule has 0 unspecified atom stereocenters. The molecule has 0 atom stereocenters. The zero-order valence-corrected chi connectivity index (χ0v) is 8.48. The van der Waals surface area contributed by atoms with E-state index in [0.29, 0.717) is 0 Å². The van der Waals surface area contributed by atoms with Gasteiger partial charge in [-0.1, -0.05) is 5.17 Å². The zero-order chi connectivity index (χ0) is 8.43. The Bertz CT molecular complexity index is 210. The first kappa shape index (κ1) is 8.65. The Labute approximate surface area is 69.5 Å². The van der Waals surface area contributed by atoms with E-state index in [2.05, 4.69) is 6.92 Å². The minimum atomic E-state index is -0.567. The molecule has 0 spiro atoms. The van der Waals surface area contributed by atoms with Crippen LogP contribution in [0.15, 0.2) is 0 Å². The van der Waals surface area contributed by atoms with Crippen molar-refractivity contribution in [2.75, 3.05) is 7.05 Å². The number of hydrogen-bond donors (Lipinski definition) is 0. The number of carbonyl (C=O) groups excluding carboxylic acids is 1. The SMILES string of the molecule is CC(=O)N(C)[Si]1=C(C)CCC1.